The number of carbonyl (C=O) groups excluding carboxylic acids is 5. The lowest BCUT2D eigenvalue weighted by Gasteiger charge is -2.47. The van der Waals surface area contributed by atoms with Gasteiger partial charge in [0.2, 0.25) is 5.91 Å². The summed E-state index contributed by atoms with van der Waals surface area (Å²) < 4.78 is 42.3. The number of hydrogen-bond acceptors (Lipinski definition) is 16. The van der Waals surface area contributed by atoms with Crippen LogP contribution in [0.2, 0.25) is 0 Å². The molecule has 3 N–H and O–H groups in total. The highest BCUT2D eigenvalue weighted by atomic mass is 32.1. The molecule has 0 saturated carbocycles. The highest BCUT2D eigenvalue weighted by Crippen LogP contribution is 2.48. The number of carbonyl (C=O) groups is 5. The van der Waals surface area contributed by atoms with Crippen molar-refractivity contribution in [2.75, 3.05) is 37.8 Å². The average Bonchev–Trinajstić information content (AvgIpc) is 3.69. The Balaban J connectivity index is 0.993. The van der Waals surface area contributed by atoms with E-state index in [2.05, 4.69) is 44.7 Å². The number of para-hydroxylation sites is 1. The predicted molar refractivity (Wildman–Crippen MR) is 266 cm³/mol. The van der Waals surface area contributed by atoms with Gasteiger partial charge >= 0.3 is 23.9 Å². The summed E-state index contributed by atoms with van der Waals surface area (Å²) in [5.41, 5.74) is 4.86. The van der Waals surface area contributed by atoms with Gasteiger partial charge in [0.1, 0.15) is 24.4 Å². The predicted octanol–water partition coefficient (Wildman–Crippen LogP) is 5.48. The van der Waals surface area contributed by atoms with Gasteiger partial charge in [-0.05, 0) is 47.2 Å². The van der Waals surface area contributed by atoms with Crippen molar-refractivity contribution in [3.8, 4) is 0 Å². The van der Waals surface area contributed by atoms with Crippen LogP contribution in [0.5, 0.6) is 0 Å². The third-order valence-corrected chi connectivity index (χ3v) is 14.0. The number of thiocarbonyl (C=S) groups is 1. The standard InChI is InChI=1S/C54H62N4O13S/c1-33(60)65-31-45-50(67-35(3)62)51(68-36(4)63)49(66-34(2)61)43(69-45)27-46(72)55-28-37-15-21-41(22-16-37)52-70-44(47(39-11-7-5-8-12-39)48(71-52)40-19-17-38(30-59)18-20-40)29-57-25-23-54(24-26-57)53(64)56-32-58(54)42-13-9-6-10-14-42/h5-22,43-45,47-52,59H,23-32H2,1-4H3,(H,55,72)(H,56,64). The van der Waals surface area contributed by atoms with Crippen LogP contribution in [0.25, 0.3) is 0 Å². The molecule has 9 unspecified atom stereocenters. The molecule has 0 radical (unpaired) electrons. The lowest BCUT2D eigenvalue weighted by molar-refractivity contribution is -0.264. The first-order valence-corrected chi connectivity index (χ1v) is 24.7. The van der Waals surface area contributed by atoms with Gasteiger partial charge in [-0.15, -0.1) is 0 Å². The van der Waals surface area contributed by atoms with Crippen LogP contribution in [0.15, 0.2) is 109 Å². The molecule has 18 heteroatoms. The maximum atomic E-state index is 13.6. The van der Waals surface area contributed by atoms with Crippen molar-refractivity contribution in [3.05, 3.63) is 137 Å². The van der Waals surface area contributed by atoms with E-state index >= 15 is 0 Å². The monoisotopic (exact) mass is 1010 g/mol. The molecule has 4 saturated heterocycles. The number of benzene rings is 4. The number of piperidine rings is 1. The number of nitrogens with zero attached hydrogens (tertiary/aromatic N) is 2. The zero-order valence-electron chi connectivity index (χ0n) is 40.8. The van der Waals surface area contributed by atoms with Crippen molar-refractivity contribution in [3.63, 3.8) is 0 Å². The van der Waals surface area contributed by atoms with Crippen molar-refractivity contribution in [1.29, 1.82) is 0 Å². The number of esters is 4. The van der Waals surface area contributed by atoms with E-state index in [4.69, 9.17) is 45.4 Å². The van der Waals surface area contributed by atoms with Crippen molar-refractivity contribution >= 4 is 52.7 Å². The molecule has 17 nitrogen and oxygen atoms in total. The Labute approximate surface area is 424 Å². The number of likely N-dealkylation sites (tertiary alicyclic amines) is 1. The van der Waals surface area contributed by atoms with Crippen molar-refractivity contribution in [1.82, 2.24) is 15.5 Å². The molecule has 0 bridgehead atoms. The van der Waals surface area contributed by atoms with E-state index in [0.717, 1.165) is 33.5 Å². The summed E-state index contributed by atoms with van der Waals surface area (Å²) in [4.78, 5) is 67.2. The fourth-order valence-corrected chi connectivity index (χ4v) is 10.5. The van der Waals surface area contributed by atoms with Crippen LogP contribution in [0.4, 0.5) is 5.69 Å². The van der Waals surface area contributed by atoms with Crippen molar-refractivity contribution in [2.24, 2.45) is 0 Å². The molecule has 9 atom stereocenters. The Morgan fingerprint density at radius 2 is 1.28 bits per heavy atom. The molecule has 1 spiro atoms. The Morgan fingerprint density at radius 3 is 1.89 bits per heavy atom. The van der Waals surface area contributed by atoms with Crippen LogP contribution >= 0.6 is 12.2 Å². The number of nitrogens with one attached hydrogen (secondary N) is 2. The number of rotatable bonds is 16. The SMILES string of the molecule is CC(=O)OCC1OC(CC(=S)NCc2ccc(C3OC(CN4CCC5(CC4)C(=O)NCN5c4ccccc4)C(c4ccccc4)C(c4ccc(CO)cc4)O3)cc2)C(OC(C)=O)C(OC(C)=O)C1OC(C)=O. The van der Waals surface area contributed by atoms with E-state index in [9.17, 15) is 29.1 Å². The minimum atomic E-state index is -1.30. The molecule has 4 heterocycles. The topological polar surface area (TPSA) is 201 Å². The summed E-state index contributed by atoms with van der Waals surface area (Å²) >= 11 is 5.78. The van der Waals surface area contributed by atoms with Gasteiger partial charge in [0.05, 0.1) is 30.5 Å². The van der Waals surface area contributed by atoms with E-state index in [1.807, 2.05) is 84.9 Å². The number of aliphatic hydroxyl groups excluding tert-OH is 1. The Bertz CT molecular complexity index is 2530. The highest BCUT2D eigenvalue weighted by Gasteiger charge is 2.53. The number of aliphatic hydroxyl groups is 1. The van der Waals surface area contributed by atoms with Gasteiger partial charge in [0.15, 0.2) is 24.6 Å². The van der Waals surface area contributed by atoms with E-state index in [0.29, 0.717) is 50.7 Å². The van der Waals surface area contributed by atoms with Gasteiger partial charge in [-0.25, -0.2) is 0 Å². The van der Waals surface area contributed by atoms with Gasteiger partial charge in [0.25, 0.3) is 0 Å². The molecule has 4 aromatic rings. The third kappa shape index (κ3) is 12.3. The molecule has 382 valence electrons. The number of anilines is 1. The van der Waals surface area contributed by atoms with E-state index in [-0.39, 0.29) is 37.6 Å². The van der Waals surface area contributed by atoms with Crippen LogP contribution in [-0.4, -0.2) is 120 Å². The molecule has 0 aromatic heterocycles. The molecule has 4 fully saturated rings. The maximum absolute atomic E-state index is 13.6. The first kappa shape index (κ1) is 52.1. The quantitative estimate of drug-likeness (QED) is 0.0724. The van der Waals surface area contributed by atoms with Gasteiger partial charge in [-0.2, -0.15) is 0 Å². The van der Waals surface area contributed by atoms with Crippen LogP contribution in [0.1, 0.15) is 93.1 Å². The van der Waals surface area contributed by atoms with Gasteiger partial charge in [-0.1, -0.05) is 109 Å². The molecule has 1 amide bonds. The largest absolute Gasteiger partial charge is 0.463 e. The molecular weight excluding hydrogens is 945 g/mol. The Hall–Kier alpha value is -6.28. The second kappa shape index (κ2) is 23.5. The van der Waals surface area contributed by atoms with E-state index in [1.54, 1.807) is 0 Å². The minimum absolute atomic E-state index is 0.00261. The van der Waals surface area contributed by atoms with Gasteiger partial charge in [-0.3, -0.25) is 24.0 Å². The number of amides is 1. The van der Waals surface area contributed by atoms with Gasteiger partial charge in [0, 0.05) is 77.5 Å². The second-order valence-electron chi connectivity index (χ2n) is 18.6. The molecule has 8 rings (SSSR count). The summed E-state index contributed by atoms with van der Waals surface area (Å²) in [5, 5.41) is 16.3. The summed E-state index contributed by atoms with van der Waals surface area (Å²) in [6.45, 7) is 7.05. The highest BCUT2D eigenvalue weighted by molar-refractivity contribution is 7.80. The summed E-state index contributed by atoms with van der Waals surface area (Å²) in [6, 6.07) is 36.0. The van der Waals surface area contributed by atoms with Crippen LogP contribution in [0, 0.1) is 0 Å². The van der Waals surface area contributed by atoms with Crippen LogP contribution < -0.4 is 15.5 Å². The maximum Gasteiger partial charge on any atom is 0.303 e. The van der Waals surface area contributed by atoms with Crippen LogP contribution in [0.3, 0.4) is 0 Å². The van der Waals surface area contributed by atoms with E-state index < -0.39 is 72.3 Å². The summed E-state index contributed by atoms with van der Waals surface area (Å²) in [5.74, 6) is -2.89. The fraction of sp³-hybridized carbons (Fsp3) is 0.444. The van der Waals surface area contributed by atoms with Crippen molar-refractivity contribution in [2.45, 2.75) is 121 Å². The first-order valence-electron chi connectivity index (χ1n) is 24.3. The molecule has 4 aliphatic rings. The summed E-state index contributed by atoms with van der Waals surface area (Å²) in [6.07, 6.45) is -6.08. The first-order chi connectivity index (χ1) is 34.7. The molecular formula is C54H62N4O13S. The van der Waals surface area contributed by atoms with Crippen molar-refractivity contribution < 1.29 is 62.2 Å². The normalized spacial score (nSPS) is 26.0. The molecule has 4 aliphatic heterocycles. The van der Waals surface area contributed by atoms with E-state index in [1.165, 1.54) is 27.7 Å². The fourth-order valence-electron chi connectivity index (χ4n) is 10.3. The number of hydrogen-bond donors (Lipinski definition) is 3. The minimum Gasteiger partial charge on any atom is -0.463 e. The van der Waals surface area contributed by atoms with Gasteiger partial charge < -0.3 is 58.7 Å². The number of ether oxygens (including phenoxy) is 7. The van der Waals surface area contributed by atoms with Crippen LogP contribution in [-0.2, 0) is 70.3 Å². The lowest BCUT2D eigenvalue weighted by atomic mass is 9.82. The third-order valence-electron chi connectivity index (χ3n) is 13.7. The zero-order chi connectivity index (χ0) is 50.9. The Kier molecular flexibility index (Phi) is 17.0. The Morgan fingerprint density at radius 1 is 0.694 bits per heavy atom. The molecule has 4 aromatic carbocycles. The second-order valence-corrected chi connectivity index (χ2v) is 19.1. The lowest BCUT2D eigenvalue weighted by Crippen LogP contribution is -2.62. The smallest absolute Gasteiger partial charge is 0.303 e. The molecule has 72 heavy (non-hydrogen) atoms. The molecule has 0 aliphatic carbocycles. The average molecular weight is 1010 g/mol. The zero-order valence-corrected chi connectivity index (χ0v) is 41.6. The summed E-state index contributed by atoms with van der Waals surface area (Å²) in [7, 11) is 0.